The highest BCUT2D eigenvalue weighted by molar-refractivity contribution is 7.11. The molecule has 0 amide bonds. The summed E-state index contributed by atoms with van der Waals surface area (Å²) in [7, 11) is 0. The summed E-state index contributed by atoms with van der Waals surface area (Å²) in [6.45, 7) is 10.4. The van der Waals surface area contributed by atoms with Gasteiger partial charge in [-0.15, -0.1) is 11.3 Å². The quantitative estimate of drug-likeness (QED) is 0.836. The van der Waals surface area contributed by atoms with Crippen molar-refractivity contribution in [2.75, 3.05) is 19.7 Å². The number of thiazole rings is 1. The molecule has 0 saturated carbocycles. The summed E-state index contributed by atoms with van der Waals surface area (Å²) in [5.41, 5.74) is 2.21. The van der Waals surface area contributed by atoms with Gasteiger partial charge in [0.05, 0.1) is 17.3 Å². The van der Waals surface area contributed by atoms with Crippen LogP contribution in [0.3, 0.4) is 0 Å². The minimum absolute atomic E-state index is 0.656. The molecule has 4 nitrogen and oxygen atoms in total. The summed E-state index contributed by atoms with van der Waals surface area (Å²) < 4.78 is 5.94. The molecule has 0 radical (unpaired) electrons. The van der Waals surface area contributed by atoms with Gasteiger partial charge in [0.25, 0.3) is 0 Å². The van der Waals surface area contributed by atoms with Gasteiger partial charge in [0.2, 0.25) is 0 Å². The molecule has 0 unspecified atom stereocenters. The van der Waals surface area contributed by atoms with E-state index in [1.807, 2.05) is 36.6 Å². The van der Waals surface area contributed by atoms with E-state index in [2.05, 4.69) is 28.7 Å². The maximum Gasteiger partial charge on any atom is 0.122 e. The molecule has 1 fully saturated rings. The normalized spacial score (nSPS) is 16.7. The fourth-order valence-corrected chi connectivity index (χ4v) is 4.04. The van der Waals surface area contributed by atoms with E-state index < -0.39 is 0 Å². The zero-order chi connectivity index (χ0) is 16.2. The number of aryl methyl sites for hydroxylation is 3. The molecule has 2 aromatic rings. The van der Waals surface area contributed by atoms with E-state index in [0.717, 1.165) is 37.7 Å². The van der Waals surface area contributed by atoms with E-state index in [-0.39, 0.29) is 0 Å². The highest BCUT2D eigenvalue weighted by Crippen LogP contribution is 2.24. The van der Waals surface area contributed by atoms with Gasteiger partial charge in [0.15, 0.2) is 0 Å². The second-order valence-electron chi connectivity index (χ2n) is 6.40. The van der Waals surface area contributed by atoms with Crippen LogP contribution in [0.1, 0.15) is 34.1 Å². The number of rotatable bonds is 5. The first kappa shape index (κ1) is 16.4. The van der Waals surface area contributed by atoms with Crippen molar-refractivity contribution in [3.05, 3.63) is 39.6 Å². The van der Waals surface area contributed by atoms with Gasteiger partial charge in [-0.3, -0.25) is 9.88 Å². The van der Waals surface area contributed by atoms with Crippen molar-refractivity contribution >= 4 is 11.3 Å². The molecule has 0 atom stereocenters. The Hall–Kier alpha value is -1.46. The first-order chi connectivity index (χ1) is 11.1. The second-order valence-corrected chi connectivity index (χ2v) is 7.69. The van der Waals surface area contributed by atoms with Gasteiger partial charge in [-0.1, -0.05) is 0 Å². The molecular formula is C18H25N3OS. The predicted molar refractivity (Wildman–Crippen MR) is 94.1 cm³/mol. The topological polar surface area (TPSA) is 38.2 Å². The number of hydrogen-bond acceptors (Lipinski definition) is 5. The van der Waals surface area contributed by atoms with E-state index in [0.29, 0.717) is 5.92 Å². The van der Waals surface area contributed by atoms with Gasteiger partial charge >= 0.3 is 0 Å². The Morgan fingerprint density at radius 2 is 2.04 bits per heavy atom. The lowest BCUT2D eigenvalue weighted by Gasteiger charge is -2.31. The Labute approximate surface area is 142 Å². The van der Waals surface area contributed by atoms with E-state index >= 15 is 0 Å². The summed E-state index contributed by atoms with van der Waals surface area (Å²) >= 11 is 1.83. The van der Waals surface area contributed by atoms with Crippen molar-refractivity contribution in [2.45, 2.75) is 40.2 Å². The van der Waals surface area contributed by atoms with E-state index in [4.69, 9.17) is 4.74 Å². The van der Waals surface area contributed by atoms with Crippen LogP contribution in [0.5, 0.6) is 5.75 Å². The number of likely N-dealkylation sites (tertiary alicyclic amines) is 1. The van der Waals surface area contributed by atoms with Crippen molar-refractivity contribution in [2.24, 2.45) is 5.92 Å². The number of pyridine rings is 1. The predicted octanol–water partition coefficient (Wildman–Crippen LogP) is 3.75. The van der Waals surface area contributed by atoms with Crippen LogP contribution in [-0.2, 0) is 6.54 Å². The minimum atomic E-state index is 0.656. The van der Waals surface area contributed by atoms with Crippen LogP contribution in [0, 0.1) is 26.7 Å². The van der Waals surface area contributed by atoms with Gasteiger partial charge in [-0.2, -0.15) is 0 Å². The van der Waals surface area contributed by atoms with Crippen LogP contribution in [-0.4, -0.2) is 34.6 Å². The molecule has 1 saturated heterocycles. The van der Waals surface area contributed by atoms with Crippen molar-refractivity contribution in [1.82, 2.24) is 14.9 Å². The molecular weight excluding hydrogens is 306 g/mol. The molecule has 0 spiro atoms. The molecule has 0 aliphatic carbocycles. The third kappa shape index (κ3) is 4.52. The lowest BCUT2D eigenvalue weighted by atomic mass is 9.98. The summed E-state index contributed by atoms with van der Waals surface area (Å²) in [5, 5.41) is 1.17. The molecule has 1 aliphatic heterocycles. The van der Waals surface area contributed by atoms with Crippen LogP contribution >= 0.6 is 11.3 Å². The Morgan fingerprint density at radius 3 is 2.70 bits per heavy atom. The molecule has 0 aromatic carbocycles. The zero-order valence-electron chi connectivity index (χ0n) is 14.2. The zero-order valence-corrected chi connectivity index (χ0v) is 15.0. The Balaban J connectivity index is 1.44. The van der Waals surface area contributed by atoms with E-state index in [9.17, 15) is 0 Å². The summed E-state index contributed by atoms with van der Waals surface area (Å²) in [5.74, 6) is 1.60. The third-order valence-electron chi connectivity index (χ3n) is 4.43. The first-order valence-electron chi connectivity index (χ1n) is 8.31. The monoisotopic (exact) mass is 331 g/mol. The summed E-state index contributed by atoms with van der Waals surface area (Å²) in [6, 6.07) is 3.95. The van der Waals surface area contributed by atoms with Crippen LogP contribution in [0.4, 0.5) is 0 Å². The van der Waals surface area contributed by atoms with E-state index in [1.54, 1.807) is 0 Å². The SMILES string of the molecule is Cc1cc(OCC2CCN(Cc3sc(C)nc3C)CC2)ccn1. The van der Waals surface area contributed by atoms with Crippen LogP contribution in [0.15, 0.2) is 18.3 Å². The minimum Gasteiger partial charge on any atom is -0.493 e. The number of piperidine rings is 1. The lowest BCUT2D eigenvalue weighted by Crippen LogP contribution is -2.35. The number of ether oxygens (including phenoxy) is 1. The van der Waals surface area contributed by atoms with Crippen LogP contribution < -0.4 is 4.74 Å². The van der Waals surface area contributed by atoms with Crippen molar-refractivity contribution in [1.29, 1.82) is 0 Å². The number of aromatic nitrogens is 2. The molecule has 23 heavy (non-hydrogen) atoms. The highest BCUT2D eigenvalue weighted by Gasteiger charge is 2.21. The molecule has 5 heteroatoms. The largest absolute Gasteiger partial charge is 0.493 e. The van der Waals surface area contributed by atoms with Gasteiger partial charge < -0.3 is 4.74 Å². The summed E-state index contributed by atoms with van der Waals surface area (Å²) in [4.78, 5) is 12.7. The fraction of sp³-hybridized carbons (Fsp3) is 0.556. The molecule has 124 valence electrons. The third-order valence-corrected chi connectivity index (χ3v) is 5.49. The van der Waals surface area contributed by atoms with Gasteiger partial charge in [0.1, 0.15) is 5.75 Å². The average Bonchev–Trinajstić information content (AvgIpc) is 2.84. The van der Waals surface area contributed by atoms with Gasteiger partial charge in [0, 0.05) is 29.4 Å². The number of hydrogen-bond donors (Lipinski definition) is 0. The van der Waals surface area contributed by atoms with E-state index in [1.165, 1.54) is 28.4 Å². The first-order valence-corrected chi connectivity index (χ1v) is 9.12. The van der Waals surface area contributed by atoms with Gasteiger partial charge in [-0.25, -0.2) is 4.98 Å². The summed E-state index contributed by atoms with van der Waals surface area (Å²) in [6.07, 6.45) is 4.23. The molecule has 3 rings (SSSR count). The molecule has 3 heterocycles. The Kier molecular flexibility index (Phi) is 5.28. The molecule has 0 N–H and O–H groups in total. The van der Waals surface area contributed by atoms with Crippen molar-refractivity contribution in [3.8, 4) is 5.75 Å². The van der Waals surface area contributed by atoms with Crippen LogP contribution in [0.25, 0.3) is 0 Å². The maximum absolute atomic E-state index is 5.94. The van der Waals surface area contributed by atoms with Crippen molar-refractivity contribution < 1.29 is 4.74 Å². The number of nitrogens with zero attached hydrogens (tertiary/aromatic N) is 3. The standard InChI is InChI=1S/C18H25N3OS/c1-13-10-17(4-7-19-13)22-12-16-5-8-21(9-6-16)11-18-14(2)20-15(3)23-18/h4,7,10,16H,5-6,8-9,11-12H2,1-3H3. The molecule has 1 aliphatic rings. The maximum atomic E-state index is 5.94. The second kappa shape index (κ2) is 7.41. The van der Waals surface area contributed by atoms with Gasteiger partial charge in [-0.05, 0) is 58.7 Å². The van der Waals surface area contributed by atoms with Crippen LogP contribution in [0.2, 0.25) is 0 Å². The smallest absolute Gasteiger partial charge is 0.122 e. The Bertz CT molecular complexity index is 647. The fourth-order valence-electron chi connectivity index (χ4n) is 3.06. The highest BCUT2D eigenvalue weighted by atomic mass is 32.1. The average molecular weight is 331 g/mol. The Morgan fingerprint density at radius 1 is 1.26 bits per heavy atom. The molecule has 2 aromatic heterocycles. The lowest BCUT2D eigenvalue weighted by molar-refractivity contribution is 0.137. The molecule has 0 bridgehead atoms. The van der Waals surface area contributed by atoms with Crippen molar-refractivity contribution in [3.63, 3.8) is 0 Å².